The Morgan fingerprint density at radius 3 is 2.65 bits per heavy atom. The lowest BCUT2D eigenvalue weighted by molar-refractivity contribution is 0.0926. The number of carbonyl (C=O) groups excluding carboxylic acids is 1. The van der Waals surface area contributed by atoms with E-state index in [2.05, 4.69) is 5.32 Å². The summed E-state index contributed by atoms with van der Waals surface area (Å²) < 4.78 is 30.6. The van der Waals surface area contributed by atoms with Gasteiger partial charge in [-0.3, -0.25) is 4.79 Å². The molecule has 1 heterocycles. The number of halogens is 1. The number of carbonyl (C=O) groups is 1. The Kier molecular flexibility index (Phi) is 5.67. The SMILES string of the molecule is Cc1cc(Cl)cc(C(=O)N[C@@H]2COC[C@H]2CS(=O)(=O)N(C)C)c1. The van der Waals surface area contributed by atoms with Gasteiger partial charge < -0.3 is 10.1 Å². The molecule has 6 nitrogen and oxygen atoms in total. The van der Waals surface area contributed by atoms with Gasteiger partial charge in [0.25, 0.3) is 5.91 Å². The average Bonchev–Trinajstić information content (AvgIpc) is 2.84. The van der Waals surface area contributed by atoms with Crippen molar-refractivity contribution in [1.82, 2.24) is 9.62 Å². The zero-order chi connectivity index (χ0) is 17.2. The number of sulfonamides is 1. The molecule has 8 heteroatoms. The number of aryl methyl sites for hydroxylation is 1. The molecule has 2 rings (SSSR count). The summed E-state index contributed by atoms with van der Waals surface area (Å²) >= 11 is 5.97. The van der Waals surface area contributed by atoms with Gasteiger partial charge in [0.1, 0.15) is 0 Å². The maximum atomic E-state index is 12.4. The minimum Gasteiger partial charge on any atom is -0.379 e. The van der Waals surface area contributed by atoms with Gasteiger partial charge >= 0.3 is 0 Å². The largest absolute Gasteiger partial charge is 0.379 e. The van der Waals surface area contributed by atoms with Gasteiger partial charge in [0.2, 0.25) is 10.0 Å². The summed E-state index contributed by atoms with van der Waals surface area (Å²) in [6, 6.07) is 4.76. The van der Waals surface area contributed by atoms with E-state index in [-0.39, 0.29) is 23.6 Å². The highest BCUT2D eigenvalue weighted by Gasteiger charge is 2.34. The monoisotopic (exact) mass is 360 g/mol. The van der Waals surface area contributed by atoms with Crippen molar-refractivity contribution in [1.29, 1.82) is 0 Å². The molecule has 1 aliphatic rings. The van der Waals surface area contributed by atoms with Crippen molar-refractivity contribution in [2.24, 2.45) is 5.92 Å². The fraction of sp³-hybridized carbons (Fsp3) is 0.533. The number of amides is 1. The third kappa shape index (κ3) is 4.67. The Labute approximate surface area is 141 Å². The molecule has 0 unspecified atom stereocenters. The van der Waals surface area contributed by atoms with Crippen LogP contribution in [0.3, 0.4) is 0 Å². The van der Waals surface area contributed by atoms with Crippen LogP contribution in [0.2, 0.25) is 5.02 Å². The fourth-order valence-electron chi connectivity index (χ4n) is 2.46. The first kappa shape index (κ1) is 18.2. The Bertz CT molecular complexity index is 670. The highest BCUT2D eigenvalue weighted by molar-refractivity contribution is 7.89. The second kappa shape index (κ2) is 7.17. The van der Waals surface area contributed by atoms with Gasteiger partial charge in [-0.05, 0) is 30.7 Å². The Morgan fingerprint density at radius 2 is 2.04 bits per heavy atom. The van der Waals surface area contributed by atoms with Crippen molar-refractivity contribution in [3.05, 3.63) is 34.3 Å². The topological polar surface area (TPSA) is 75.7 Å². The molecule has 1 aromatic carbocycles. The lowest BCUT2D eigenvalue weighted by Gasteiger charge is -2.21. The Morgan fingerprint density at radius 1 is 1.35 bits per heavy atom. The van der Waals surface area contributed by atoms with Gasteiger partial charge in [-0.25, -0.2) is 12.7 Å². The number of hydrogen-bond acceptors (Lipinski definition) is 4. The Hall–Kier alpha value is -1.15. The van der Waals surface area contributed by atoms with Gasteiger partial charge in [0.15, 0.2) is 0 Å². The lowest BCUT2D eigenvalue weighted by Crippen LogP contribution is -2.43. The van der Waals surface area contributed by atoms with E-state index in [0.717, 1.165) is 5.56 Å². The third-order valence-corrected chi connectivity index (χ3v) is 5.98. The molecule has 128 valence electrons. The summed E-state index contributed by atoms with van der Waals surface area (Å²) in [4.78, 5) is 12.4. The van der Waals surface area contributed by atoms with Gasteiger partial charge in [0.05, 0.1) is 25.0 Å². The van der Waals surface area contributed by atoms with Crippen LogP contribution in [0.1, 0.15) is 15.9 Å². The van der Waals surface area contributed by atoms with E-state index in [9.17, 15) is 13.2 Å². The Balaban J connectivity index is 2.07. The number of nitrogens with zero attached hydrogens (tertiary/aromatic N) is 1. The quantitative estimate of drug-likeness (QED) is 0.858. The lowest BCUT2D eigenvalue weighted by atomic mass is 10.1. The number of rotatable bonds is 5. The van der Waals surface area contributed by atoms with Crippen LogP contribution in [0.5, 0.6) is 0 Å². The summed E-state index contributed by atoms with van der Waals surface area (Å²) in [7, 11) is -0.360. The molecule has 1 amide bonds. The summed E-state index contributed by atoms with van der Waals surface area (Å²) in [5.41, 5.74) is 1.34. The minimum atomic E-state index is -3.35. The summed E-state index contributed by atoms with van der Waals surface area (Å²) in [5, 5.41) is 3.35. The van der Waals surface area contributed by atoms with Crippen molar-refractivity contribution in [3.63, 3.8) is 0 Å². The predicted molar refractivity (Wildman–Crippen MR) is 89.2 cm³/mol. The molecule has 1 N–H and O–H groups in total. The second-order valence-corrected chi connectivity index (χ2v) is 8.62. The summed E-state index contributed by atoms with van der Waals surface area (Å²) in [6.45, 7) is 2.47. The molecular weight excluding hydrogens is 340 g/mol. The van der Waals surface area contributed by atoms with E-state index >= 15 is 0 Å². The van der Waals surface area contributed by atoms with Gasteiger partial charge in [-0.1, -0.05) is 11.6 Å². The maximum absolute atomic E-state index is 12.4. The van der Waals surface area contributed by atoms with Crippen LogP contribution in [0, 0.1) is 12.8 Å². The van der Waals surface area contributed by atoms with Crippen LogP contribution < -0.4 is 5.32 Å². The highest BCUT2D eigenvalue weighted by Crippen LogP contribution is 2.19. The number of ether oxygens (including phenoxy) is 1. The maximum Gasteiger partial charge on any atom is 0.251 e. The van der Waals surface area contributed by atoms with E-state index in [1.165, 1.54) is 18.4 Å². The normalized spacial score (nSPS) is 21.6. The molecule has 1 fully saturated rings. The molecule has 1 saturated heterocycles. The molecule has 0 saturated carbocycles. The van der Waals surface area contributed by atoms with Crippen molar-refractivity contribution >= 4 is 27.5 Å². The highest BCUT2D eigenvalue weighted by atomic mass is 35.5. The van der Waals surface area contributed by atoms with E-state index in [0.29, 0.717) is 23.8 Å². The molecular formula is C15H21ClN2O4S. The van der Waals surface area contributed by atoms with E-state index in [4.69, 9.17) is 16.3 Å². The minimum absolute atomic E-state index is 0.0560. The molecule has 2 atom stereocenters. The first-order valence-corrected chi connectivity index (χ1v) is 9.24. The standard InChI is InChI=1S/C15H21ClN2O4S/c1-10-4-11(6-13(16)5-10)15(19)17-14-8-22-7-12(14)9-23(20,21)18(2)3/h4-6,12,14H,7-9H2,1-3H3,(H,17,19)/t12-,14+/m0/s1. The van der Waals surface area contributed by atoms with Gasteiger partial charge in [-0.2, -0.15) is 0 Å². The number of nitrogens with one attached hydrogen (secondary N) is 1. The molecule has 0 aliphatic carbocycles. The predicted octanol–water partition coefficient (Wildman–Crippen LogP) is 1.28. The molecule has 1 aliphatic heterocycles. The van der Waals surface area contributed by atoms with E-state index in [1.807, 2.05) is 6.92 Å². The average molecular weight is 361 g/mol. The van der Waals surface area contributed by atoms with Crippen LogP contribution in [0.15, 0.2) is 18.2 Å². The first-order valence-electron chi connectivity index (χ1n) is 7.25. The zero-order valence-electron chi connectivity index (χ0n) is 13.4. The van der Waals surface area contributed by atoms with Crippen LogP contribution in [0.4, 0.5) is 0 Å². The summed E-state index contributed by atoms with van der Waals surface area (Å²) in [5.74, 6) is -0.607. The van der Waals surface area contributed by atoms with Gasteiger partial charge in [-0.15, -0.1) is 0 Å². The zero-order valence-corrected chi connectivity index (χ0v) is 14.9. The van der Waals surface area contributed by atoms with Gasteiger partial charge in [0, 0.05) is 30.6 Å². The molecule has 0 aromatic heterocycles. The molecule has 1 aromatic rings. The van der Waals surface area contributed by atoms with Crippen molar-refractivity contribution in [3.8, 4) is 0 Å². The second-order valence-electron chi connectivity index (χ2n) is 5.96. The van der Waals surface area contributed by atoms with E-state index < -0.39 is 10.0 Å². The molecule has 0 spiro atoms. The van der Waals surface area contributed by atoms with Crippen LogP contribution in [0.25, 0.3) is 0 Å². The molecule has 23 heavy (non-hydrogen) atoms. The number of hydrogen-bond donors (Lipinski definition) is 1. The van der Waals surface area contributed by atoms with Crippen molar-refractivity contribution in [2.45, 2.75) is 13.0 Å². The molecule has 0 bridgehead atoms. The third-order valence-electron chi connectivity index (χ3n) is 3.80. The first-order chi connectivity index (χ1) is 10.7. The van der Waals surface area contributed by atoms with Crippen molar-refractivity contribution in [2.75, 3.05) is 33.1 Å². The van der Waals surface area contributed by atoms with Crippen LogP contribution >= 0.6 is 11.6 Å². The van der Waals surface area contributed by atoms with Crippen molar-refractivity contribution < 1.29 is 17.9 Å². The van der Waals surface area contributed by atoms with E-state index in [1.54, 1.807) is 18.2 Å². The summed E-state index contributed by atoms with van der Waals surface area (Å²) in [6.07, 6.45) is 0. The van der Waals surface area contributed by atoms with Crippen LogP contribution in [-0.2, 0) is 14.8 Å². The fourth-order valence-corrected chi connectivity index (χ4v) is 3.92. The molecule has 0 radical (unpaired) electrons. The van der Waals surface area contributed by atoms with Crippen LogP contribution in [-0.4, -0.2) is 57.7 Å². The smallest absolute Gasteiger partial charge is 0.251 e. The number of benzene rings is 1.